The third kappa shape index (κ3) is 7.22. The van der Waals surface area contributed by atoms with E-state index in [0.717, 1.165) is 57.5 Å². The molecule has 0 spiro atoms. The summed E-state index contributed by atoms with van der Waals surface area (Å²) in [6.07, 6.45) is 0. The Balaban J connectivity index is 0.000000114. The number of hydrogen-bond donors (Lipinski definition) is 8. The van der Waals surface area contributed by atoms with Crippen molar-refractivity contribution in [1.29, 1.82) is 5.26 Å². The fourth-order valence-electron chi connectivity index (χ4n) is 7.38. The van der Waals surface area contributed by atoms with Crippen LogP contribution in [0.15, 0.2) is 133 Å². The number of para-hydroxylation sites is 3. The number of aromatic amines is 3. The standard InChI is InChI=1S/C16H12N4O2S.C16H9N3OS.C15H9FN2OS/c17-14(20-22)8-5-6-10-9(7-8)13(15(21)18-10)16-19-11-3-1-2-4-12(11)23-16;17-8-9-5-6-11-10(7-9)14(15(20)18-11)16-19-12-3-1-2-4-13(12)21-16;16-8-5-6-10-9(7-8)13(14(19)17-10)15-18-11-3-1-2-4-12(11)20-15/h1-7,18,21-22H,(H2,17,20);1-7,18,20H;1-7,17,19H. The second-order valence-corrected chi connectivity index (χ2v) is 17.4. The van der Waals surface area contributed by atoms with E-state index in [4.69, 9.17) is 16.2 Å². The summed E-state index contributed by atoms with van der Waals surface area (Å²) in [5, 5.41) is 55.9. The zero-order chi connectivity index (χ0) is 44.1. The lowest BCUT2D eigenvalue weighted by atomic mass is 10.1. The van der Waals surface area contributed by atoms with E-state index >= 15 is 0 Å². The summed E-state index contributed by atoms with van der Waals surface area (Å²) in [5.41, 5.74) is 13.5. The molecule has 0 aliphatic carbocycles. The molecule has 9 N–H and O–H groups in total. The van der Waals surface area contributed by atoms with Crippen LogP contribution < -0.4 is 5.73 Å². The van der Waals surface area contributed by atoms with Crippen molar-refractivity contribution in [2.24, 2.45) is 10.9 Å². The van der Waals surface area contributed by atoms with E-state index in [1.165, 1.54) is 46.1 Å². The van der Waals surface area contributed by atoms with Crippen LogP contribution >= 0.6 is 34.0 Å². The number of nitrogens with zero attached hydrogens (tertiary/aromatic N) is 5. The minimum atomic E-state index is -0.334. The number of thiazole rings is 3. The van der Waals surface area contributed by atoms with E-state index in [9.17, 15) is 19.7 Å². The number of nitrogens with two attached hydrogens (primary N) is 1. The van der Waals surface area contributed by atoms with Crippen molar-refractivity contribution in [3.8, 4) is 55.4 Å². The Bertz CT molecular complexity index is 3720. The Labute approximate surface area is 372 Å². The van der Waals surface area contributed by atoms with Gasteiger partial charge in [-0.15, -0.1) is 34.0 Å². The average Bonchev–Trinajstić information content (AvgIpc) is 4.16. The van der Waals surface area contributed by atoms with E-state index in [1.54, 1.807) is 42.5 Å². The summed E-state index contributed by atoms with van der Waals surface area (Å²) in [6, 6.07) is 40.5. The first kappa shape index (κ1) is 39.8. The van der Waals surface area contributed by atoms with Gasteiger partial charge in [0.05, 0.1) is 59.0 Å². The summed E-state index contributed by atoms with van der Waals surface area (Å²) < 4.78 is 16.6. The van der Waals surface area contributed by atoms with Gasteiger partial charge in [-0.05, 0) is 91.0 Å². The van der Waals surface area contributed by atoms with Crippen molar-refractivity contribution in [1.82, 2.24) is 29.9 Å². The van der Waals surface area contributed by atoms with Crippen molar-refractivity contribution in [2.75, 3.05) is 0 Å². The van der Waals surface area contributed by atoms with Crippen LogP contribution in [0.1, 0.15) is 11.1 Å². The predicted octanol–water partition coefficient (Wildman–Crippen LogP) is 11.6. The summed E-state index contributed by atoms with van der Waals surface area (Å²) in [6.45, 7) is 0. The van der Waals surface area contributed by atoms with Crippen LogP contribution in [0.4, 0.5) is 4.39 Å². The second kappa shape index (κ2) is 16.2. The van der Waals surface area contributed by atoms with Crippen molar-refractivity contribution in [3.63, 3.8) is 0 Å². The van der Waals surface area contributed by atoms with Crippen molar-refractivity contribution >= 4 is 103 Å². The van der Waals surface area contributed by atoms with Crippen LogP contribution in [0.3, 0.4) is 0 Å². The zero-order valence-electron chi connectivity index (χ0n) is 32.8. The number of hydrogen-bond acceptors (Lipinski definition) is 12. The van der Waals surface area contributed by atoms with Crippen LogP contribution in [0.5, 0.6) is 17.6 Å². The van der Waals surface area contributed by atoms with E-state index in [0.29, 0.717) is 48.7 Å². The first-order chi connectivity index (χ1) is 31.1. The summed E-state index contributed by atoms with van der Waals surface area (Å²) in [4.78, 5) is 22.4. The fraction of sp³-hybridized carbons (Fsp3) is 0. The Morgan fingerprint density at radius 2 is 0.969 bits per heavy atom. The Morgan fingerprint density at radius 1 is 0.562 bits per heavy atom. The normalized spacial score (nSPS) is 11.6. The zero-order valence-corrected chi connectivity index (χ0v) is 35.3. The lowest BCUT2D eigenvalue weighted by Gasteiger charge is -2.00. The number of benzene rings is 6. The largest absolute Gasteiger partial charge is 0.494 e. The van der Waals surface area contributed by atoms with Crippen LogP contribution in [0.25, 0.3) is 95.1 Å². The molecule has 12 rings (SSSR count). The Kier molecular flexibility index (Phi) is 10.1. The first-order valence-electron chi connectivity index (χ1n) is 19.3. The number of H-pyrrole nitrogens is 3. The Morgan fingerprint density at radius 3 is 1.41 bits per heavy atom. The highest BCUT2D eigenvalue weighted by Crippen LogP contribution is 2.43. The van der Waals surface area contributed by atoms with Gasteiger partial charge in [0.25, 0.3) is 0 Å². The van der Waals surface area contributed by atoms with Gasteiger partial charge in [-0.25, -0.2) is 19.3 Å². The van der Waals surface area contributed by atoms with E-state index in [-0.39, 0.29) is 29.3 Å². The number of rotatable bonds is 4. The minimum Gasteiger partial charge on any atom is -0.494 e. The van der Waals surface area contributed by atoms with Crippen LogP contribution in [0.2, 0.25) is 0 Å². The van der Waals surface area contributed by atoms with Crippen LogP contribution in [-0.4, -0.2) is 56.3 Å². The van der Waals surface area contributed by atoms with Gasteiger partial charge in [0.15, 0.2) is 23.5 Å². The molecule has 0 fully saturated rings. The number of amidine groups is 1. The summed E-state index contributed by atoms with van der Waals surface area (Å²) >= 11 is 4.50. The highest BCUT2D eigenvalue weighted by molar-refractivity contribution is 7.22. The van der Waals surface area contributed by atoms with Crippen LogP contribution in [-0.2, 0) is 0 Å². The number of oxime groups is 1. The van der Waals surface area contributed by atoms with Gasteiger partial charge in [0.1, 0.15) is 20.8 Å². The number of halogens is 1. The SMILES string of the molecule is N#Cc1ccc2[nH]c(O)c(-c3nc4ccccc4s3)c2c1.NC(=NO)c1ccc2[nH]c(O)c(-c3nc4ccccc4s3)c2c1.Oc1[nH]c2ccc(F)cc2c1-c1nc2ccccc2s1. The fourth-order valence-corrected chi connectivity index (χ4v) is 10.5. The van der Waals surface area contributed by atoms with Gasteiger partial charge < -0.3 is 41.2 Å². The summed E-state index contributed by atoms with van der Waals surface area (Å²) in [5.74, 6) is -0.166. The van der Waals surface area contributed by atoms with Gasteiger partial charge >= 0.3 is 0 Å². The molecule has 312 valence electrons. The molecule has 6 aromatic carbocycles. The molecule has 6 aromatic heterocycles. The number of nitrogens with one attached hydrogen (secondary N) is 3. The molecule has 6 heterocycles. The summed E-state index contributed by atoms with van der Waals surface area (Å²) in [7, 11) is 0. The quantitative estimate of drug-likeness (QED) is 0.0363. The molecule has 12 aromatic rings. The number of fused-ring (bicyclic) bond motifs is 6. The molecule has 0 aliphatic heterocycles. The first-order valence-corrected chi connectivity index (χ1v) is 21.8. The Hall–Kier alpha value is -8.30. The molecular weight excluding hydrogens is 870 g/mol. The molecule has 0 saturated heterocycles. The topological polar surface area (TPSA) is 229 Å². The molecule has 0 amide bonds. The maximum absolute atomic E-state index is 13.4. The molecule has 0 saturated carbocycles. The molecule has 0 radical (unpaired) electrons. The van der Waals surface area contributed by atoms with Gasteiger partial charge in [-0.3, -0.25) is 0 Å². The van der Waals surface area contributed by atoms with Gasteiger partial charge in [-0.1, -0.05) is 41.6 Å². The highest BCUT2D eigenvalue weighted by atomic mass is 32.1. The van der Waals surface area contributed by atoms with Crippen molar-refractivity contribution in [3.05, 3.63) is 144 Å². The lowest BCUT2D eigenvalue weighted by molar-refractivity contribution is 0.318. The molecule has 0 unspecified atom stereocenters. The van der Waals surface area contributed by atoms with E-state index in [2.05, 4.69) is 41.1 Å². The molecule has 0 atom stereocenters. The number of aromatic nitrogens is 6. The van der Waals surface area contributed by atoms with Crippen LogP contribution in [0, 0.1) is 17.1 Å². The molecule has 0 aliphatic rings. The van der Waals surface area contributed by atoms with Crippen molar-refractivity contribution in [2.45, 2.75) is 0 Å². The monoisotopic (exact) mass is 899 g/mol. The smallest absolute Gasteiger partial charge is 0.199 e. The van der Waals surface area contributed by atoms with Gasteiger partial charge in [-0.2, -0.15) is 5.26 Å². The van der Waals surface area contributed by atoms with E-state index in [1.807, 2.05) is 72.8 Å². The predicted molar refractivity (Wildman–Crippen MR) is 253 cm³/mol. The maximum atomic E-state index is 13.4. The second-order valence-electron chi connectivity index (χ2n) is 14.3. The molecule has 17 heteroatoms. The van der Waals surface area contributed by atoms with Gasteiger partial charge in [0.2, 0.25) is 0 Å². The number of aromatic hydroxyl groups is 3. The molecule has 64 heavy (non-hydrogen) atoms. The molecule has 0 bridgehead atoms. The molecule has 13 nitrogen and oxygen atoms in total. The maximum Gasteiger partial charge on any atom is 0.199 e. The lowest BCUT2D eigenvalue weighted by Crippen LogP contribution is -2.12. The highest BCUT2D eigenvalue weighted by Gasteiger charge is 2.20. The minimum absolute atomic E-state index is 0.0165. The van der Waals surface area contributed by atoms with E-state index < -0.39 is 0 Å². The number of nitriles is 1. The van der Waals surface area contributed by atoms with Gasteiger partial charge in [0, 0.05) is 38.3 Å². The molecular formula is C47H30FN9O4S3. The third-order valence-electron chi connectivity index (χ3n) is 10.4. The third-order valence-corrected chi connectivity index (χ3v) is 13.5. The van der Waals surface area contributed by atoms with Crippen molar-refractivity contribution < 1.29 is 24.9 Å². The average molecular weight is 900 g/mol.